The molecule has 0 saturated carbocycles. The zero-order valence-corrected chi connectivity index (χ0v) is 10.4. The van der Waals surface area contributed by atoms with Crippen molar-refractivity contribution in [2.24, 2.45) is 0 Å². The maximum Gasteiger partial charge on any atom is 0.326 e. The fraction of sp³-hybridized carbons (Fsp3) is 0.818. The predicted molar refractivity (Wildman–Crippen MR) is 59.9 cm³/mol. The van der Waals surface area contributed by atoms with Crippen LogP contribution in [0.2, 0.25) is 0 Å². The van der Waals surface area contributed by atoms with Gasteiger partial charge in [-0.05, 0) is 13.3 Å². The van der Waals surface area contributed by atoms with Crippen LogP contribution in [-0.2, 0) is 14.3 Å². The summed E-state index contributed by atoms with van der Waals surface area (Å²) in [5.41, 5.74) is -1.65. The van der Waals surface area contributed by atoms with Crippen LogP contribution in [0.15, 0.2) is 0 Å². The number of amides is 1. The van der Waals surface area contributed by atoms with E-state index in [4.69, 9.17) is 14.9 Å². The molecule has 0 bridgehead atoms. The van der Waals surface area contributed by atoms with Gasteiger partial charge in [0.1, 0.15) is 24.4 Å². The van der Waals surface area contributed by atoms with Gasteiger partial charge in [0.15, 0.2) is 5.72 Å². The molecule has 108 valence electrons. The Morgan fingerprint density at radius 3 is 2.63 bits per heavy atom. The molecule has 2 fully saturated rings. The fourth-order valence-corrected chi connectivity index (χ4v) is 2.79. The molecule has 0 radical (unpaired) electrons. The molecule has 4 N–H and O–H groups in total. The highest BCUT2D eigenvalue weighted by Crippen LogP contribution is 2.39. The Balaban J connectivity index is 2.33. The molecule has 2 aliphatic heterocycles. The van der Waals surface area contributed by atoms with E-state index in [1.807, 2.05) is 0 Å². The number of aliphatic hydroxyl groups is 3. The lowest BCUT2D eigenvalue weighted by atomic mass is 10.0. The number of rotatable bonds is 3. The van der Waals surface area contributed by atoms with Crippen molar-refractivity contribution in [1.82, 2.24) is 4.90 Å². The van der Waals surface area contributed by atoms with Crippen LogP contribution in [0.5, 0.6) is 0 Å². The SMILES string of the molecule is CC1(N2C(=O)CC[C@H]2C(=O)O)O[C@H](CO)[C@@H](O)[C@@H]1O. The summed E-state index contributed by atoms with van der Waals surface area (Å²) in [7, 11) is 0. The minimum absolute atomic E-state index is 0.0442. The van der Waals surface area contributed by atoms with Gasteiger partial charge in [0.2, 0.25) is 5.91 Å². The number of hydrogen-bond acceptors (Lipinski definition) is 6. The topological polar surface area (TPSA) is 128 Å². The average molecular weight is 275 g/mol. The van der Waals surface area contributed by atoms with Crippen LogP contribution in [0.4, 0.5) is 0 Å². The average Bonchev–Trinajstić information content (AvgIpc) is 2.84. The van der Waals surface area contributed by atoms with Gasteiger partial charge in [-0.15, -0.1) is 0 Å². The lowest BCUT2D eigenvalue weighted by Gasteiger charge is -2.39. The molecule has 5 atom stereocenters. The van der Waals surface area contributed by atoms with E-state index in [0.29, 0.717) is 0 Å². The normalized spacial score (nSPS) is 42.9. The van der Waals surface area contributed by atoms with Gasteiger partial charge >= 0.3 is 5.97 Å². The van der Waals surface area contributed by atoms with Crippen LogP contribution in [-0.4, -0.2) is 73.9 Å². The van der Waals surface area contributed by atoms with E-state index < -0.39 is 48.6 Å². The van der Waals surface area contributed by atoms with Gasteiger partial charge < -0.3 is 25.2 Å². The summed E-state index contributed by atoms with van der Waals surface area (Å²) in [4.78, 5) is 24.0. The van der Waals surface area contributed by atoms with Crippen LogP contribution in [0.1, 0.15) is 19.8 Å². The molecular weight excluding hydrogens is 258 g/mol. The number of carbonyl (C=O) groups is 2. The number of aliphatic hydroxyl groups excluding tert-OH is 3. The third-order valence-electron chi connectivity index (χ3n) is 3.80. The van der Waals surface area contributed by atoms with Gasteiger partial charge in [0.25, 0.3) is 0 Å². The number of carbonyl (C=O) groups excluding carboxylic acids is 1. The quantitative estimate of drug-likeness (QED) is 0.464. The number of hydrogen-bond donors (Lipinski definition) is 4. The maximum atomic E-state index is 11.9. The summed E-state index contributed by atoms with van der Waals surface area (Å²) in [5, 5.41) is 37.9. The minimum atomic E-state index is -1.65. The van der Waals surface area contributed by atoms with Gasteiger partial charge in [0.05, 0.1) is 6.61 Å². The lowest BCUT2D eigenvalue weighted by molar-refractivity contribution is -0.195. The van der Waals surface area contributed by atoms with Crippen molar-refractivity contribution in [2.45, 2.75) is 49.8 Å². The molecule has 8 nitrogen and oxygen atoms in total. The minimum Gasteiger partial charge on any atom is -0.480 e. The third-order valence-corrected chi connectivity index (χ3v) is 3.80. The smallest absolute Gasteiger partial charge is 0.326 e. The van der Waals surface area contributed by atoms with E-state index >= 15 is 0 Å². The first-order valence-corrected chi connectivity index (χ1v) is 6.02. The van der Waals surface area contributed by atoms with Crippen LogP contribution in [0.3, 0.4) is 0 Å². The molecule has 0 aromatic rings. The zero-order chi connectivity index (χ0) is 14.4. The highest BCUT2D eigenvalue weighted by Gasteiger charge is 2.59. The standard InChI is InChI=1S/C11H17NO7/c1-11(9(16)8(15)6(4-13)19-11)12-5(10(17)18)2-3-7(12)14/h5-6,8-9,13,15-16H,2-4H2,1H3,(H,17,18)/t5-,6+,8+,9-,11?/m0/s1. The van der Waals surface area contributed by atoms with Gasteiger partial charge in [0, 0.05) is 6.42 Å². The Labute approximate surface area is 109 Å². The summed E-state index contributed by atoms with van der Waals surface area (Å²) in [5.74, 6) is -1.65. The van der Waals surface area contributed by atoms with Crippen molar-refractivity contribution >= 4 is 11.9 Å². The Bertz CT molecular complexity index is 401. The van der Waals surface area contributed by atoms with Gasteiger partial charge in [-0.3, -0.25) is 9.69 Å². The summed E-state index contributed by atoms with van der Waals surface area (Å²) < 4.78 is 5.35. The fourth-order valence-electron chi connectivity index (χ4n) is 2.79. The second-order valence-corrected chi connectivity index (χ2v) is 4.99. The molecule has 0 spiro atoms. The highest BCUT2D eigenvalue weighted by molar-refractivity contribution is 5.88. The van der Waals surface area contributed by atoms with E-state index in [-0.39, 0.29) is 12.8 Å². The molecule has 0 aliphatic carbocycles. The van der Waals surface area contributed by atoms with Gasteiger partial charge in [-0.2, -0.15) is 0 Å². The first-order chi connectivity index (χ1) is 8.82. The highest BCUT2D eigenvalue weighted by atomic mass is 16.6. The zero-order valence-electron chi connectivity index (χ0n) is 10.4. The van der Waals surface area contributed by atoms with Crippen molar-refractivity contribution in [3.05, 3.63) is 0 Å². The van der Waals surface area contributed by atoms with Crippen molar-refractivity contribution < 1.29 is 34.8 Å². The Hall–Kier alpha value is -1.22. The summed E-state index contributed by atoms with van der Waals surface area (Å²) in [6.45, 7) is 0.809. The van der Waals surface area contributed by atoms with Crippen LogP contribution >= 0.6 is 0 Å². The van der Waals surface area contributed by atoms with Crippen molar-refractivity contribution in [2.75, 3.05) is 6.61 Å². The van der Waals surface area contributed by atoms with Crippen molar-refractivity contribution in [3.8, 4) is 0 Å². The molecule has 19 heavy (non-hydrogen) atoms. The van der Waals surface area contributed by atoms with Crippen LogP contribution in [0, 0.1) is 0 Å². The molecule has 2 aliphatic rings. The Morgan fingerprint density at radius 1 is 1.53 bits per heavy atom. The lowest BCUT2D eigenvalue weighted by Crippen LogP contribution is -2.59. The van der Waals surface area contributed by atoms with Crippen molar-refractivity contribution in [1.29, 1.82) is 0 Å². The Kier molecular flexibility index (Phi) is 3.52. The number of likely N-dealkylation sites (tertiary alicyclic amines) is 1. The van der Waals surface area contributed by atoms with Gasteiger partial charge in [-0.1, -0.05) is 0 Å². The predicted octanol–water partition coefficient (Wildman–Crippen LogP) is -2.11. The third kappa shape index (κ3) is 2.00. The number of carboxylic acid groups (broad SMARTS) is 1. The number of nitrogens with zero attached hydrogens (tertiary/aromatic N) is 1. The monoisotopic (exact) mass is 275 g/mol. The first kappa shape index (κ1) is 14.2. The van der Waals surface area contributed by atoms with Crippen LogP contribution < -0.4 is 0 Å². The van der Waals surface area contributed by atoms with E-state index in [1.54, 1.807) is 0 Å². The molecule has 2 rings (SSSR count). The molecular formula is C11H17NO7. The molecule has 0 aromatic heterocycles. The summed E-state index contributed by atoms with van der Waals surface area (Å²) in [6, 6.07) is -1.10. The second kappa shape index (κ2) is 4.71. The van der Waals surface area contributed by atoms with Crippen LogP contribution in [0.25, 0.3) is 0 Å². The number of aliphatic carboxylic acids is 1. The number of carboxylic acids is 1. The van der Waals surface area contributed by atoms with Crippen molar-refractivity contribution in [3.63, 3.8) is 0 Å². The molecule has 8 heteroatoms. The molecule has 2 saturated heterocycles. The summed E-state index contributed by atoms with van der Waals surface area (Å²) >= 11 is 0. The van der Waals surface area contributed by atoms with E-state index in [1.165, 1.54) is 6.92 Å². The van der Waals surface area contributed by atoms with Gasteiger partial charge in [-0.25, -0.2) is 4.79 Å². The number of ether oxygens (including phenoxy) is 1. The summed E-state index contributed by atoms with van der Waals surface area (Å²) in [6.07, 6.45) is -3.74. The van der Waals surface area contributed by atoms with E-state index in [9.17, 15) is 19.8 Å². The first-order valence-electron chi connectivity index (χ1n) is 6.02. The molecule has 1 amide bonds. The second-order valence-electron chi connectivity index (χ2n) is 4.99. The van der Waals surface area contributed by atoms with E-state index in [2.05, 4.69) is 0 Å². The maximum absolute atomic E-state index is 11.9. The Morgan fingerprint density at radius 2 is 2.16 bits per heavy atom. The molecule has 0 aromatic carbocycles. The van der Waals surface area contributed by atoms with E-state index in [0.717, 1.165) is 4.90 Å². The largest absolute Gasteiger partial charge is 0.480 e. The molecule has 1 unspecified atom stereocenters. The molecule has 2 heterocycles.